The lowest BCUT2D eigenvalue weighted by atomic mass is 10.1. The van der Waals surface area contributed by atoms with Crippen LogP contribution in [0.1, 0.15) is 19.3 Å². The highest BCUT2D eigenvalue weighted by Gasteiger charge is 2.31. The van der Waals surface area contributed by atoms with Crippen molar-refractivity contribution in [1.29, 1.82) is 0 Å². The maximum Gasteiger partial charge on any atom is 0.573 e. The second-order valence-electron chi connectivity index (χ2n) is 5.14. The molecule has 1 aromatic heterocycles. The van der Waals surface area contributed by atoms with Gasteiger partial charge < -0.3 is 9.64 Å². The van der Waals surface area contributed by atoms with Gasteiger partial charge in [0.1, 0.15) is 5.75 Å². The number of benzene rings is 1. The van der Waals surface area contributed by atoms with Crippen LogP contribution in [0.15, 0.2) is 29.6 Å². The zero-order chi connectivity index (χ0) is 15.6. The Hall–Kier alpha value is -1.76. The second kappa shape index (κ2) is 6.16. The summed E-state index contributed by atoms with van der Waals surface area (Å²) in [6, 6.07) is 5.80. The highest BCUT2D eigenvalue weighted by Crippen LogP contribution is 2.31. The van der Waals surface area contributed by atoms with Crippen molar-refractivity contribution in [1.82, 2.24) is 4.98 Å². The number of ether oxygens (including phenoxy) is 1. The fourth-order valence-electron chi connectivity index (χ4n) is 2.45. The zero-order valence-corrected chi connectivity index (χ0v) is 12.6. The molecule has 1 aliphatic rings. The van der Waals surface area contributed by atoms with Crippen molar-refractivity contribution in [2.75, 3.05) is 18.0 Å². The van der Waals surface area contributed by atoms with Crippen molar-refractivity contribution >= 4 is 16.5 Å². The molecule has 3 rings (SSSR count). The molecule has 0 spiro atoms. The number of nitrogens with zero attached hydrogens (tertiary/aromatic N) is 2. The number of hydrogen-bond acceptors (Lipinski definition) is 4. The van der Waals surface area contributed by atoms with Crippen LogP contribution in [0.5, 0.6) is 5.75 Å². The summed E-state index contributed by atoms with van der Waals surface area (Å²) >= 11 is 1.57. The fraction of sp³-hybridized carbons (Fsp3) is 0.400. The first-order valence-corrected chi connectivity index (χ1v) is 7.96. The minimum Gasteiger partial charge on any atom is -0.406 e. The van der Waals surface area contributed by atoms with Crippen LogP contribution in [-0.2, 0) is 0 Å². The van der Waals surface area contributed by atoms with Crippen LogP contribution in [0.2, 0.25) is 0 Å². The molecular formula is C15H15F3N2OS. The molecule has 0 saturated carbocycles. The summed E-state index contributed by atoms with van der Waals surface area (Å²) in [4.78, 5) is 6.85. The molecule has 0 radical (unpaired) electrons. The van der Waals surface area contributed by atoms with E-state index in [1.807, 2.05) is 5.38 Å². The molecule has 118 valence electrons. The lowest BCUT2D eigenvalue weighted by Gasteiger charge is -2.25. The van der Waals surface area contributed by atoms with E-state index in [4.69, 9.17) is 0 Å². The molecule has 0 atom stereocenters. The Morgan fingerprint density at radius 1 is 1.05 bits per heavy atom. The third kappa shape index (κ3) is 3.71. The molecule has 0 unspecified atom stereocenters. The predicted molar refractivity (Wildman–Crippen MR) is 80.3 cm³/mol. The van der Waals surface area contributed by atoms with Gasteiger partial charge in [0, 0.05) is 24.0 Å². The van der Waals surface area contributed by atoms with Crippen LogP contribution in [0.4, 0.5) is 18.3 Å². The zero-order valence-electron chi connectivity index (χ0n) is 11.8. The summed E-state index contributed by atoms with van der Waals surface area (Å²) < 4.78 is 40.3. The first-order valence-electron chi connectivity index (χ1n) is 7.08. The van der Waals surface area contributed by atoms with Gasteiger partial charge in [-0.1, -0.05) is 0 Å². The van der Waals surface area contributed by atoms with Crippen molar-refractivity contribution in [2.45, 2.75) is 25.6 Å². The van der Waals surface area contributed by atoms with Gasteiger partial charge in [-0.25, -0.2) is 4.98 Å². The number of hydrogen-bond donors (Lipinski definition) is 0. The third-order valence-electron chi connectivity index (χ3n) is 3.50. The monoisotopic (exact) mass is 328 g/mol. The number of aromatic nitrogens is 1. The van der Waals surface area contributed by atoms with E-state index in [-0.39, 0.29) is 5.75 Å². The Morgan fingerprint density at radius 2 is 1.73 bits per heavy atom. The standard InChI is InChI=1S/C15H15F3N2OS/c16-15(17,18)21-12-6-4-11(5-7-12)13-10-22-14(19-13)20-8-2-1-3-9-20/h4-7,10H,1-3,8-9H2. The van der Waals surface area contributed by atoms with E-state index >= 15 is 0 Å². The Bertz CT molecular complexity index is 618. The smallest absolute Gasteiger partial charge is 0.406 e. The Morgan fingerprint density at radius 3 is 2.36 bits per heavy atom. The van der Waals surface area contributed by atoms with Gasteiger partial charge in [0.2, 0.25) is 0 Å². The fourth-order valence-corrected chi connectivity index (χ4v) is 3.34. The van der Waals surface area contributed by atoms with E-state index < -0.39 is 6.36 Å². The van der Waals surface area contributed by atoms with Gasteiger partial charge in [-0.05, 0) is 43.5 Å². The summed E-state index contributed by atoms with van der Waals surface area (Å²) in [5.41, 5.74) is 1.57. The summed E-state index contributed by atoms with van der Waals surface area (Å²) in [6.07, 6.45) is -1.05. The molecule has 1 aliphatic heterocycles. The van der Waals surface area contributed by atoms with Crippen molar-refractivity contribution in [3.63, 3.8) is 0 Å². The first kappa shape index (κ1) is 15.1. The summed E-state index contributed by atoms with van der Waals surface area (Å²) in [6.45, 7) is 2.04. The molecule has 0 amide bonds. The van der Waals surface area contributed by atoms with Crippen LogP contribution in [-0.4, -0.2) is 24.4 Å². The summed E-state index contributed by atoms with van der Waals surface area (Å²) in [5, 5.41) is 2.91. The van der Waals surface area contributed by atoms with Crippen molar-refractivity contribution in [2.24, 2.45) is 0 Å². The molecule has 1 aromatic carbocycles. The molecule has 0 bridgehead atoms. The van der Waals surface area contributed by atoms with Gasteiger partial charge in [0.25, 0.3) is 0 Å². The van der Waals surface area contributed by atoms with Gasteiger partial charge in [0.15, 0.2) is 5.13 Å². The number of thiazole rings is 1. The minimum absolute atomic E-state index is 0.220. The van der Waals surface area contributed by atoms with Crippen LogP contribution in [0, 0.1) is 0 Å². The van der Waals surface area contributed by atoms with Crippen molar-refractivity contribution < 1.29 is 17.9 Å². The van der Waals surface area contributed by atoms with E-state index in [2.05, 4.69) is 14.6 Å². The number of piperidine rings is 1. The van der Waals surface area contributed by atoms with Crippen LogP contribution >= 0.6 is 11.3 Å². The maximum atomic E-state index is 12.1. The van der Waals surface area contributed by atoms with Crippen molar-refractivity contribution in [3.05, 3.63) is 29.6 Å². The molecule has 2 heterocycles. The van der Waals surface area contributed by atoms with Gasteiger partial charge >= 0.3 is 6.36 Å². The molecule has 1 fully saturated rings. The molecule has 7 heteroatoms. The minimum atomic E-state index is -4.66. The summed E-state index contributed by atoms with van der Waals surface area (Å²) in [5.74, 6) is -0.220. The Balaban J connectivity index is 1.73. The lowest BCUT2D eigenvalue weighted by molar-refractivity contribution is -0.274. The number of halogens is 3. The second-order valence-corrected chi connectivity index (χ2v) is 5.97. The topological polar surface area (TPSA) is 25.4 Å². The SMILES string of the molecule is FC(F)(F)Oc1ccc(-c2csc(N3CCCCC3)n2)cc1. The number of alkyl halides is 3. The van der Waals surface area contributed by atoms with Crippen molar-refractivity contribution in [3.8, 4) is 17.0 Å². The number of rotatable bonds is 3. The van der Waals surface area contributed by atoms with E-state index in [1.54, 1.807) is 23.5 Å². The van der Waals surface area contributed by atoms with E-state index in [9.17, 15) is 13.2 Å². The van der Waals surface area contributed by atoms with E-state index in [1.165, 1.54) is 31.4 Å². The Labute approximate surface area is 130 Å². The van der Waals surface area contributed by atoms with Gasteiger partial charge in [-0.3, -0.25) is 0 Å². The van der Waals surface area contributed by atoms with Gasteiger partial charge in [-0.15, -0.1) is 24.5 Å². The third-order valence-corrected chi connectivity index (χ3v) is 4.40. The molecule has 0 N–H and O–H groups in total. The first-order chi connectivity index (χ1) is 10.5. The predicted octanol–water partition coefficient (Wildman–Crippen LogP) is 4.70. The highest BCUT2D eigenvalue weighted by atomic mass is 32.1. The average Bonchev–Trinajstić information content (AvgIpc) is 2.97. The molecule has 22 heavy (non-hydrogen) atoms. The number of anilines is 1. The van der Waals surface area contributed by atoms with E-state index in [0.29, 0.717) is 0 Å². The summed E-state index contributed by atoms with van der Waals surface area (Å²) in [7, 11) is 0. The molecular weight excluding hydrogens is 313 g/mol. The van der Waals surface area contributed by atoms with Crippen LogP contribution in [0.3, 0.4) is 0 Å². The molecule has 0 aliphatic carbocycles. The molecule has 2 aromatic rings. The lowest BCUT2D eigenvalue weighted by Crippen LogP contribution is -2.29. The Kier molecular flexibility index (Phi) is 4.24. The van der Waals surface area contributed by atoms with E-state index in [0.717, 1.165) is 29.5 Å². The average molecular weight is 328 g/mol. The van der Waals surface area contributed by atoms with Crippen LogP contribution in [0.25, 0.3) is 11.3 Å². The van der Waals surface area contributed by atoms with Gasteiger partial charge in [0.05, 0.1) is 5.69 Å². The largest absolute Gasteiger partial charge is 0.573 e. The maximum absolute atomic E-state index is 12.1. The van der Waals surface area contributed by atoms with Crippen LogP contribution < -0.4 is 9.64 Å². The highest BCUT2D eigenvalue weighted by molar-refractivity contribution is 7.14. The quantitative estimate of drug-likeness (QED) is 0.817. The molecule has 1 saturated heterocycles. The van der Waals surface area contributed by atoms with Gasteiger partial charge in [-0.2, -0.15) is 0 Å². The molecule has 3 nitrogen and oxygen atoms in total. The normalized spacial score (nSPS) is 15.9.